The first-order valence-electron chi connectivity index (χ1n) is 13.9. The van der Waals surface area contributed by atoms with Gasteiger partial charge in [0.05, 0.1) is 0 Å². The van der Waals surface area contributed by atoms with Gasteiger partial charge >= 0.3 is 123 Å². The first kappa shape index (κ1) is 37.5. The summed E-state index contributed by atoms with van der Waals surface area (Å²) < 4.78 is 4.66. The summed E-state index contributed by atoms with van der Waals surface area (Å²) in [5, 5.41) is 3.17. The maximum Gasteiger partial charge on any atom is -0.0253 e. The van der Waals surface area contributed by atoms with E-state index < -0.39 is 30.3 Å². The smallest absolute Gasteiger partial charge is 0.0253 e. The van der Waals surface area contributed by atoms with Gasteiger partial charge in [-0.15, -0.1) is 30.4 Å². The summed E-state index contributed by atoms with van der Waals surface area (Å²) in [5.74, 6) is 0.553. The van der Waals surface area contributed by atoms with Crippen LogP contribution in [0.1, 0.15) is 36.1 Å². The van der Waals surface area contributed by atoms with Crippen molar-refractivity contribution < 1.29 is 22.3 Å². The van der Waals surface area contributed by atoms with Crippen LogP contribution in [0.3, 0.4) is 0 Å². The van der Waals surface area contributed by atoms with Crippen LogP contribution < -0.4 is 0 Å². The predicted molar refractivity (Wildman–Crippen MR) is 194 cm³/mol. The molecule has 2 aliphatic rings. The maximum absolute atomic E-state index is 5.84. The first-order valence-corrected chi connectivity index (χ1v) is 21.0. The molecule has 0 N–H and O–H groups in total. The molecule has 0 aliphatic heterocycles. The minimum Gasteiger partial charge on any atom is -0.179 e. The molecule has 4 aromatic carbocycles. The Labute approximate surface area is 292 Å². The van der Waals surface area contributed by atoms with Gasteiger partial charge in [0.15, 0.2) is 0 Å². The molecule has 0 heterocycles. The second-order valence-electron chi connectivity index (χ2n) is 11.3. The Morgan fingerprint density at radius 1 is 0.767 bits per heavy atom. The number of rotatable bonds is 3. The van der Waals surface area contributed by atoms with Crippen LogP contribution in [0, 0.1) is 18.1 Å². The van der Waals surface area contributed by atoms with Crippen molar-refractivity contribution in [1.29, 1.82) is 0 Å². The number of halogens is 4. The van der Waals surface area contributed by atoms with Gasteiger partial charge in [-0.3, -0.25) is 6.08 Å². The van der Waals surface area contributed by atoms with Crippen molar-refractivity contribution >= 4 is 63.5 Å². The molecule has 224 valence electrons. The third-order valence-corrected chi connectivity index (χ3v) is 12.0. The molecule has 0 radical (unpaired) electrons. The standard InChI is InChI=1S/C13H9.C10H17Si.2C7H5Cl.2ClH.Zr/c1-3-7-12-10(5-1)9-11-6-2-4-8-13(11)12;1-8-6-9(2)10(7-8)11(3,4)5;2*1-6-2-4-7(8)5-3-6;;;/h1-5,7-8H,9H2;7-8H,1-5H3;2*1-5H;2*1H;/q2*-1;;;;;. The molecule has 4 aromatic rings. The molecule has 1 unspecified atom stereocenters. The number of fused-ring (bicyclic) bond motifs is 3. The van der Waals surface area contributed by atoms with Gasteiger partial charge in [0.1, 0.15) is 0 Å². The molecule has 0 amide bonds. The molecule has 0 saturated carbocycles. The van der Waals surface area contributed by atoms with Gasteiger partial charge in [0, 0.05) is 0 Å². The average Bonchev–Trinajstić information content (AvgIpc) is 3.50. The molecule has 0 saturated heterocycles. The molecule has 0 nitrogen and oxygen atoms in total. The molecule has 6 rings (SSSR count). The first-order chi connectivity index (χ1) is 19.6. The molecular weight excluding hydrogens is 706 g/mol. The Kier molecular flexibility index (Phi) is 15.5. The summed E-state index contributed by atoms with van der Waals surface area (Å²) >= 11 is 11.0. The Balaban J connectivity index is 0.000000225. The van der Waals surface area contributed by atoms with Crippen LogP contribution in [0.25, 0.3) is 11.1 Å². The summed E-state index contributed by atoms with van der Waals surface area (Å²) in [4.78, 5) is 0. The molecule has 0 bridgehead atoms. The van der Waals surface area contributed by atoms with Crippen molar-refractivity contribution in [2.45, 2.75) is 39.9 Å². The summed E-state index contributed by atoms with van der Waals surface area (Å²) in [6, 6.07) is 34.0. The summed E-state index contributed by atoms with van der Waals surface area (Å²) in [6.45, 7) is 11.6. The van der Waals surface area contributed by atoms with Crippen LogP contribution in [-0.4, -0.2) is 15.5 Å². The van der Waals surface area contributed by atoms with Gasteiger partial charge in [-0.05, 0) is 14.5 Å². The average molecular weight is 744 g/mol. The number of benzene rings is 4. The van der Waals surface area contributed by atoms with Crippen LogP contribution in [0.2, 0.25) is 29.7 Å². The Morgan fingerprint density at radius 3 is 1.79 bits per heavy atom. The largest absolute Gasteiger partial charge is 0.179 e. The van der Waals surface area contributed by atoms with Gasteiger partial charge in [-0.1, -0.05) is 74.8 Å². The zero-order chi connectivity index (χ0) is 29.4. The van der Waals surface area contributed by atoms with Crippen LogP contribution in [-0.2, 0) is 28.7 Å². The fourth-order valence-corrected chi connectivity index (χ4v) is 9.29. The van der Waals surface area contributed by atoms with Crippen molar-refractivity contribution in [2.24, 2.45) is 5.92 Å². The van der Waals surface area contributed by atoms with E-state index in [9.17, 15) is 0 Å². The Bertz CT molecular complexity index is 1510. The van der Waals surface area contributed by atoms with Gasteiger partial charge in [0.2, 0.25) is 0 Å². The molecular formula is C37H38Cl4SiZr-2. The van der Waals surface area contributed by atoms with Crippen molar-refractivity contribution in [3.8, 4) is 11.1 Å². The van der Waals surface area contributed by atoms with Crippen LogP contribution in [0.4, 0.5) is 0 Å². The predicted octanol–water partition coefficient (Wildman–Crippen LogP) is 11.2. The SMILES string of the molecule is CC1=[C-]C(C)C=C1[Si](C)(C)C.Cl.Cl.Clc1ccc([CH]=[Zr]=[CH]c2ccc(Cl)cc2)cc1.[c-]1cccc2c1Cc1ccccc1-2. The minimum atomic E-state index is -1.07. The zero-order valence-electron chi connectivity index (χ0n) is 25.2. The third kappa shape index (κ3) is 11.3. The molecule has 6 heteroatoms. The van der Waals surface area contributed by atoms with Gasteiger partial charge in [-0.25, -0.2) is 10.8 Å². The van der Waals surface area contributed by atoms with E-state index in [2.05, 4.69) is 120 Å². The van der Waals surface area contributed by atoms with E-state index in [1.165, 1.54) is 39.0 Å². The fourth-order valence-electron chi connectivity index (χ4n) is 5.00. The second-order valence-corrected chi connectivity index (χ2v) is 19.5. The Hall–Kier alpha value is -1.64. The minimum absolute atomic E-state index is 0. The fraction of sp³-hybridized carbons (Fsp3) is 0.189. The van der Waals surface area contributed by atoms with Gasteiger partial charge in [-0.2, -0.15) is 35.9 Å². The van der Waals surface area contributed by atoms with Gasteiger partial charge < -0.3 is 0 Å². The van der Waals surface area contributed by atoms with Crippen LogP contribution in [0.15, 0.2) is 108 Å². The van der Waals surface area contributed by atoms with Crippen molar-refractivity contribution in [2.75, 3.05) is 0 Å². The number of hydrogen-bond acceptors (Lipinski definition) is 0. The second kappa shape index (κ2) is 17.7. The van der Waals surface area contributed by atoms with E-state index in [0.717, 1.165) is 16.5 Å². The molecule has 0 fully saturated rings. The molecule has 0 aromatic heterocycles. The third-order valence-electron chi connectivity index (χ3n) is 6.93. The van der Waals surface area contributed by atoms with Crippen molar-refractivity contribution in [3.05, 3.63) is 152 Å². The van der Waals surface area contributed by atoms with Crippen LogP contribution in [0.5, 0.6) is 0 Å². The number of hydrogen-bond donors (Lipinski definition) is 0. The van der Waals surface area contributed by atoms with E-state index >= 15 is 0 Å². The zero-order valence-corrected chi connectivity index (χ0v) is 31.9. The monoisotopic (exact) mass is 740 g/mol. The summed E-state index contributed by atoms with van der Waals surface area (Å²) in [7, 11) is -1.07. The topological polar surface area (TPSA) is 0 Å². The molecule has 0 spiro atoms. The quantitative estimate of drug-likeness (QED) is 0.128. The van der Waals surface area contributed by atoms with E-state index in [-0.39, 0.29) is 24.8 Å². The van der Waals surface area contributed by atoms with Crippen LogP contribution >= 0.6 is 48.0 Å². The van der Waals surface area contributed by atoms with E-state index in [1.54, 1.807) is 5.20 Å². The van der Waals surface area contributed by atoms with E-state index in [4.69, 9.17) is 23.2 Å². The van der Waals surface area contributed by atoms with E-state index in [1.807, 2.05) is 30.3 Å². The van der Waals surface area contributed by atoms with Gasteiger partial charge in [0.25, 0.3) is 0 Å². The van der Waals surface area contributed by atoms with Crippen molar-refractivity contribution in [3.63, 3.8) is 0 Å². The molecule has 2 aliphatic carbocycles. The molecule has 43 heavy (non-hydrogen) atoms. The Morgan fingerprint density at radius 2 is 1.30 bits per heavy atom. The maximum atomic E-state index is 5.84. The van der Waals surface area contributed by atoms with Crippen molar-refractivity contribution in [1.82, 2.24) is 0 Å². The molecule has 1 atom stereocenters. The number of allylic oxidation sites excluding steroid dienone is 4. The normalized spacial score (nSPS) is 13.9. The summed E-state index contributed by atoms with van der Waals surface area (Å²) in [6.07, 6.45) is 6.86. The summed E-state index contributed by atoms with van der Waals surface area (Å²) in [5.41, 5.74) is 9.42. The van der Waals surface area contributed by atoms with E-state index in [0.29, 0.717) is 5.92 Å².